The summed E-state index contributed by atoms with van der Waals surface area (Å²) < 4.78 is 5.58. The van der Waals surface area contributed by atoms with Gasteiger partial charge in [-0.1, -0.05) is 18.2 Å². The third kappa shape index (κ3) is 3.02. The molecule has 0 aliphatic carbocycles. The van der Waals surface area contributed by atoms with Gasteiger partial charge in [0.05, 0.1) is 0 Å². The highest BCUT2D eigenvalue weighted by molar-refractivity contribution is 6.07. The maximum atomic E-state index is 12.7. The van der Waals surface area contributed by atoms with Crippen LogP contribution in [0.2, 0.25) is 0 Å². The Kier molecular flexibility index (Phi) is 4.13. The molecule has 5 rings (SSSR count). The van der Waals surface area contributed by atoms with E-state index in [0.29, 0.717) is 28.8 Å². The molecule has 1 fully saturated rings. The number of hydrogen-bond acceptors (Lipinski definition) is 5. The number of furan rings is 1. The zero-order chi connectivity index (χ0) is 20.8. The van der Waals surface area contributed by atoms with Crippen LogP contribution in [0, 0.1) is 0 Å². The van der Waals surface area contributed by atoms with E-state index >= 15 is 0 Å². The van der Waals surface area contributed by atoms with Gasteiger partial charge in [0.25, 0.3) is 11.8 Å². The van der Waals surface area contributed by atoms with E-state index in [-0.39, 0.29) is 30.5 Å². The van der Waals surface area contributed by atoms with Crippen LogP contribution >= 0.6 is 0 Å². The summed E-state index contributed by atoms with van der Waals surface area (Å²) in [5.41, 5.74) is 2.35. The Hall–Kier alpha value is -3.94. The lowest BCUT2D eigenvalue weighted by atomic mass is 10.0. The normalized spacial score (nSPS) is 18.5. The number of nitrogens with zero attached hydrogens (tertiary/aromatic N) is 1. The molecule has 8 heteroatoms. The topological polar surface area (TPSA) is 109 Å². The summed E-state index contributed by atoms with van der Waals surface area (Å²) in [6.07, 6.45) is 0.509. The standard InChI is InChI=1S/C22H17N3O5/c26-19-8-7-16(20(27)24-19)25-11-13-9-14(5-6-15(13)22(25)29)23-21(28)18-10-12-3-1-2-4-17(12)30-18/h1-6,9-10,16H,7-8,11H2,(H,23,28)(H,24,26,27). The number of hydrogen-bond donors (Lipinski definition) is 2. The zero-order valence-electron chi connectivity index (χ0n) is 15.8. The van der Waals surface area contributed by atoms with Gasteiger partial charge in [0.1, 0.15) is 11.6 Å². The summed E-state index contributed by atoms with van der Waals surface area (Å²) in [5.74, 6) is -1.23. The number of para-hydroxylation sites is 1. The van der Waals surface area contributed by atoms with Crippen molar-refractivity contribution >= 4 is 40.3 Å². The molecule has 1 atom stereocenters. The van der Waals surface area contributed by atoms with Gasteiger partial charge in [0.2, 0.25) is 11.8 Å². The fourth-order valence-electron chi connectivity index (χ4n) is 3.94. The molecule has 1 saturated heterocycles. The van der Waals surface area contributed by atoms with Gasteiger partial charge >= 0.3 is 0 Å². The van der Waals surface area contributed by atoms with Crippen molar-refractivity contribution in [3.8, 4) is 0 Å². The van der Waals surface area contributed by atoms with E-state index in [0.717, 1.165) is 5.39 Å². The van der Waals surface area contributed by atoms with E-state index < -0.39 is 17.9 Å². The first kappa shape index (κ1) is 18.1. The number of nitrogens with one attached hydrogen (secondary N) is 2. The summed E-state index contributed by atoms with van der Waals surface area (Å²) in [4.78, 5) is 50.3. The molecule has 3 heterocycles. The summed E-state index contributed by atoms with van der Waals surface area (Å²) >= 11 is 0. The molecule has 0 radical (unpaired) electrons. The maximum absolute atomic E-state index is 12.7. The van der Waals surface area contributed by atoms with E-state index in [2.05, 4.69) is 10.6 Å². The molecule has 2 aliphatic rings. The highest BCUT2D eigenvalue weighted by Gasteiger charge is 2.39. The Bertz CT molecular complexity index is 1200. The molecule has 3 aromatic rings. The van der Waals surface area contributed by atoms with Gasteiger partial charge in [0.15, 0.2) is 5.76 Å². The lowest BCUT2D eigenvalue weighted by Gasteiger charge is -2.29. The molecule has 0 spiro atoms. The van der Waals surface area contributed by atoms with Crippen LogP contribution in [0.1, 0.15) is 39.3 Å². The van der Waals surface area contributed by atoms with Crippen LogP contribution < -0.4 is 10.6 Å². The molecule has 2 aliphatic heterocycles. The Morgan fingerprint density at radius 1 is 1.10 bits per heavy atom. The Morgan fingerprint density at radius 2 is 1.93 bits per heavy atom. The number of anilines is 1. The second kappa shape index (κ2) is 6.84. The molecule has 0 bridgehead atoms. The van der Waals surface area contributed by atoms with Gasteiger partial charge < -0.3 is 14.6 Å². The molecule has 1 aromatic heterocycles. The fraction of sp³-hybridized carbons (Fsp3) is 0.182. The quantitative estimate of drug-likeness (QED) is 0.653. The van der Waals surface area contributed by atoms with Crippen LogP contribution in [-0.4, -0.2) is 34.6 Å². The fourth-order valence-corrected chi connectivity index (χ4v) is 3.94. The van der Waals surface area contributed by atoms with Crippen molar-refractivity contribution in [2.75, 3.05) is 5.32 Å². The van der Waals surface area contributed by atoms with E-state index in [4.69, 9.17) is 4.42 Å². The predicted molar refractivity (Wildman–Crippen MR) is 107 cm³/mol. The summed E-state index contributed by atoms with van der Waals surface area (Å²) in [7, 11) is 0. The highest BCUT2D eigenvalue weighted by atomic mass is 16.3. The number of fused-ring (bicyclic) bond motifs is 2. The first-order valence-corrected chi connectivity index (χ1v) is 9.57. The van der Waals surface area contributed by atoms with Crippen LogP contribution in [0.3, 0.4) is 0 Å². The van der Waals surface area contributed by atoms with Crippen molar-refractivity contribution in [2.45, 2.75) is 25.4 Å². The molecular weight excluding hydrogens is 386 g/mol. The van der Waals surface area contributed by atoms with E-state index in [1.807, 2.05) is 18.2 Å². The van der Waals surface area contributed by atoms with Crippen LogP contribution in [0.15, 0.2) is 52.9 Å². The second-order valence-corrected chi connectivity index (χ2v) is 7.37. The number of benzene rings is 2. The lowest BCUT2D eigenvalue weighted by molar-refractivity contribution is -0.136. The van der Waals surface area contributed by atoms with Crippen LogP contribution in [0.4, 0.5) is 5.69 Å². The van der Waals surface area contributed by atoms with E-state index in [1.165, 1.54) is 4.90 Å². The molecule has 4 amide bonds. The average Bonchev–Trinajstić information content (AvgIpc) is 3.29. The minimum atomic E-state index is -0.670. The Labute approximate surface area is 170 Å². The second-order valence-electron chi connectivity index (χ2n) is 7.37. The third-order valence-electron chi connectivity index (χ3n) is 5.43. The molecule has 0 saturated carbocycles. The molecule has 30 heavy (non-hydrogen) atoms. The lowest BCUT2D eigenvalue weighted by Crippen LogP contribution is -2.52. The summed E-state index contributed by atoms with van der Waals surface area (Å²) in [5, 5.41) is 5.90. The molecule has 2 N–H and O–H groups in total. The van der Waals surface area contributed by atoms with Gasteiger partial charge in [-0.2, -0.15) is 0 Å². The van der Waals surface area contributed by atoms with E-state index in [9.17, 15) is 19.2 Å². The van der Waals surface area contributed by atoms with Gasteiger partial charge in [-0.3, -0.25) is 24.5 Å². The first-order chi connectivity index (χ1) is 14.5. The predicted octanol–water partition coefficient (Wildman–Crippen LogP) is 2.45. The SMILES string of the molecule is O=C1CCC(N2Cc3cc(NC(=O)c4cc5ccccc5o4)ccc3C2=O)C(=O)N1. The molecule has 1 unspecified atom stereocenters. The monoisotopic (exact) mass is 403 g/mol. The van der Waals surface area contributed by atoms with Crippen molar-refractivity contribution in [3.05, 3.63) is 65.4 Å². The first-order valence-electron chi connectivity index (χ1n) is 9.57. The molecule has 8 nitrogen and oxygen atoms in total. The van der Waals surface area contributed by atoms with Gasteiger partial charge in [-0.25, -0.2) is 0 Å². The molecule has 150 valence electrons. The van der Waals surface area contributed by atoms with Crippen LogP contribution in [0.5, 0.6) is 0 Å². The number of imide groups is 1. The minimum Gasteiger partial charge on any atom is -0.451 e. The van der Waals surface area contributed by atoms with Gasteiger partial charge in [-0.15, -0.1) is 0 Å². The van der Waals surface area contributed by atoms with Crippen molar-refractivity contribution in [3.63, 3.8) is 0 Å². The van der Waals surface area contributed by atoms with Crippen LogP contribution in [0.25, 0.3) is 11.0 Å². The number of rotatable bonds is 3. The van der Waals surface area contributed by atoms with Crippen LogP contribution in [-0.2, 0) is 16.1 Å². The number of carbonyl (C=O) groups is 4. The van der Waals surface area contributed by atoms with Crippen molar-refractivity contribution in [1.29, 1.82) is 0 Å². The van der Waals surface area contributed by atoms with E-state index in [1.54, 1.807) is 30.3 Å². The summed E-state index contributed by atoms with van der Waals surface area (Å²) in [6.45, 7) is 0.245. The third-order valence-corrected chi connectivity index (χ3v) is 5.43. The Morgan fingerprint density at radius 3 is 2.73 bits per heavy atom. The Balaban J connectivity index is 1.34. The zero-order valence-corrected chi connectivity index (χ0v) is 15.8. The largest absolute Gasteiger partial charge is 0.451 e. The molecule has 2 aromatic carbocycles. The summed E-state index contributed by atoms with van der Waals surface area (Å²) in [6, 6.07) is 13.4. The highest BCUT2D eigenvalue weighted by Crippen LogP contribution is 2.30. The smallest absolute Gasteiger partial charge is 0.291 e. The minimum absolute atomic E-state index is 0.193. The van der Waals surface area contributed by atoms with Crippen molar-refractivity contribution in [1.82, 2.24) is 10.2 Å². The van der Waals surface area contributed by atoms with Gasteiger partial charge in [0, 0.05) is 29.6 Å². The van der Waals surface area contributed by atoms with Gasteiger partial charge in [-0.05, 0) is 42.3 Å². The average molecular weight is 403 g/mol. The van der Waals surface area contributed by atoms with Crippen molar-refractivity contribution < 1.29 is 23.6 Å². The van der Waals surface area contributed by atoms with Crippen molar-refractivity contribution in [2.24, 2.45) is 0 Å². The molecular formula is C22H17N3O5. The number of piperidine rings is 1. The maximum Gasteiger partial charge on any atom is 0.291 e. The number of amides is 4. The number of carbonyl (C=O) groups excluding carboxylic acids is 4.